The molecule has 0 radical (unpaired) electrons. The maximum absolute atomic E-state index is 12.3. The van der Waals surface area contributed by atoms with Crippen molar-refractivity contribution in [3.8, 4) is 5.75 Å². The van der Waals surface area contributed by atoms with Gasteiger partial charge in [-0.3, -0.25) is 9.59 Å². The SMILES string of the molecule is CCCC(=O)Nc1cccc(NCC(=O)Nc2cccc(OCCC(C)C)c2)c1. The van der Waals surface area contributed by atoms with E-state index in [0.717, 1.165) is 24.3 Å². The van der Waals surface area contributed by atoms with Crippen LogP contribution < -0.4 is 20.7 Å². The quantitative estimate of drug-likeness (QED) is 0.504. The van der Waals surface area contributed by atoms with Crippen molar-refractivity contribution in [3.63, 3.8) is 0 Å². The van der Waals surface area contributed by atoms with Crippen molar-refractivity contribution in [1.82, 2.24) is 0 Å². The Morgan fingerprint density at radius 2 is 1.59 bits per heavy atom. The van der Waals surface area contributed by atoms with Gasteiger partial charge in [-0.25, -0.2) is 0 Å². The largest absolute Gasteiger partial charge is 0.494 e. The molecule has 0 aromatic heterocycles. The number of hydrogen-bond acceptors (Lipinski definition) is 4. The van der Waals surface area contributed by atoms with E-state index in [1.54, 1.807) is 0 Å². The Labute approximate surface area is 173 Å². The first-order valence-corrected chi connectivity index (χ1v) is 10.1. The Kier molecular flexibility index (Phi) is 9.02. The molecule has 0 fully saturated rings. The van der Waals surface area contributed by atoms with Crippen LogP contribution in [0.5, 0.6) is 5.75 Å². The molecular formula is C23H31N3O3. The highest BCUT2D eigenvalue weighted by Gasteiger charge is 2.06. The third-order valence-electron chi connectivity index (χ3n) is 4.16. The van der Waals surface area contributed by atoms with Crippen molar-refractivity contribution in [2.45, 2.75) is 40.0 Å². The van der Waals surface area contributed by atoms with Gasteiger partial charge in [0.15, 0.2) is 0 Å². The number of anilines is 3. The van der Waals surface area contributed by atoms with Crippen molar-refractivity contribution < 1.29 is 14.3 Å². The van der Waals surface area contributed by atoms with Crippen molar-refractivity contribution in [3.05, 3.63) is 48.5 Å². The molecule has 29 heavy (non-hydrogen) atoms. The topological polar surface area (TPSA) is 79.5 Å². The summed E-state index contributed by atoms with van der Waals surface area (Å²) in [6.07, 6.45) is 2.27. The molecule has 0 atom stereocenters. The minimum atomic E-state index is -0.162. The van der Waals surface area contributed by atoms with Gasteiger partial charge in [0.1, 0.15) is 5.75 Å². The fraction of sp³-hybridized carbons (Fsp3) is 0.391. The smallest absolute Gasteiger partial charge is 0.243 e. The molecule has 0 aliphatic heterocycles. The number of nitrogens with one attached hydrogen (secondary N) is 3. The van der Waals surface area contributed by atoms with Crippen LogP contribution in [0.25, 0.3) is 0 Å². The third kappa shape index (κ3) is 8.68. The minimum absolute atomic E-state index is 0.0158. The molecule has 0 bridgehead atoms. The second kappa shape index (κ2) is 11.7. The van der Waals surface area contributed by atoms with E-state index in [0.29, 0.717) is 30.3 Å². The number of rotatable bonds is 11. The van der Waals surface area contributed by atoms with Crippen LogP contribution in [-0.2, 0) is 9.59 Å². The molecule has 6 heteroatoms. The van der Waals surface area contributed by atoms with Crippen LogP contribution in [0, 0.1) is 5.92 Å². The van der Waals surface area contributed by atoms with Gasteiger partial charge in [-0.1, -0.05) is 32.9 Å². The molecular weight excluding hydrogens is 366 g/mol. The van der Waals surface area contributed by atoms with E-state index in [1.807, 2.05) is 55.5 Å². The van der Waals surface area contributed by atoms with Crippen molar-refractivity contribution in [2.24, 2.45) is 5.92 Å². The van der Waals surface area contributed by atoms with Crippen molar-refractivity contribution in [2.75, 3.05) is 29.1 Å². The van der Waals surface area contributed by atoms with Crippen LogP contribution in [0.4, 0.5) is 17.1 Å². The Hall–Kier alpha value is -3.02. The fourth-order valence-corrected chi connectivity index (χ4v) is 2.62. The summed E-state index contributed by atoms with van der Waals surface area (Å²) in [7, 11) is 0. The number of carbonyl (C=O) groups excluding carboxylic acids is 2. The van der Waals surface area contributed by atoms with Crippen molar-refractivity contribution in [1.29, 1.82) is 0 Å². The molecule has 0 aliphatic carbocycles. The molecule has 0 heterocycles. The van der Waals surface area contributed by atoms with E-state index >= 15 is 0 Å². The highest BCUT2D eigenvalue weighted by atomic mass is 16.5. The van der Waals surface area contributed by atoms with Gasteiger partial charge in [0.05, 0.1) is 13.2 Å². The van der Waals surface area contributed by atoms with E-state index in [4.69, 9.17) is 4.74 Å². The van der Waals surface area contributed by atoms with Gasteiger partial charge in [0.2, 0.25) is 11.8 Å². The number of amides is 2. The van der Waals surface area contributed by atoms with Crippen LogP contribution in [0.3, 0.4) is 0 Å². The summed E-state index contributed by atoms with van der Waals surface area (Å²) < 4.78 is 5.73. The van der Waals surface area contributed by atoms with Crippen LogP contribution in [0.1, 0.15) is 40.0 Å². The van der Waals surface area contributed by atoms with Crippen molar-refractivity contribution >= 4 is 28.9 Å². The molecule has 3 N–H and O–H groups in total. The zero-order chi connectivity index (χ0) is 21.1. The zero-order valence-corrected chi connectivity index (χ0v) is 17.5. The maximum Gasteiger partial charge on any atom is 0.243 e. The monoisotopic (exact) mass is 397 g/mol. The lowest BCUT2D eigenvalue weighted by Gasteiger charge is -2.11. The van der Waals surface area contributed by atoms with Gasteiger partial charge in [-0.05, 0) is 49.1 Å². The lowest BCUT2D eigenvalue weighted by molar-refractivity contribution is -0.116. The molecule has 6 nitrogen and oxygen atoms in total. The van der Waals surface area contributed by atoms with Gasteiger partial charge in [-0.15, -0.1) is 0 Å². The number of benzene rings is 2. The average Bonchev–Trinajstić information content (AvgIpc) is 2.67. The first kappa shape index (κ1) is 22.3. The lowest BCUT2D eigenvalue weighted by Crippen LogP contribution is -2.21. The highest BCUT2D eigenvalue weighted by Crippen LogP contribution is 2.19. The summed E-state index contributed by atoms with van der Waals surface area (Å²) in [5.74, 6) is 1.15. The zero-order valence-electron chi connectivity index (χ0n) is 17.5. The molecule has 2 rings (SSSR count). The Bertz CT molecular complexity index is 805. The average molecular weight is 398 g/mol. The predicted molar refractivity (Wildman–Crippen MR) is 118 cm³/mol. The van der Waals surface area contributed by atoms with Gasteiger partial charge in [0.25, 0.3) is 0 Å². The molecule has 2 aromatic carbocycles. The lowest BCUT2D eigenvalue weighted by atomic mass is 10.1. The van der Waals surface area contributed by atoms with E-state index in [-0.39, 0.29) is 18.4 Å². The van der Waals surface area contributed by atoms with Gasteiger partial charge >= 0.3 is 0 Å². The second-order valence-corrected chi connectivity index (χ2v) is 7.34. The Balaban J connectivity index is 1.83. The summed E-state index contributed by atoms with van der Waals surface area (Å²) in [5, 5.41) is 8.79. The van der Waals surface area contributed by atoms with Gasteiger partial charge in [-0.2, -0.15) is 0 Å². The molecule has 0 aliphatic rings. The van der Waals surface area contributed by atoms with Gasteiger partial charge in [0, 0.05) is 29.5 Å². The third-order valence-corrected chi connectivity index (χ3v) is 4.16. The molecule has 0 unspecified atom stereocenters. The summed E-state index contributed by atoms with van der Waals surface area (Å²) in [6.45, 7) is 7.04. The standard InChI is InChI=1S/C23H31N3O3/c1-4-7-22(27)25-19-9-5-8-18(14-19)24-16-23(28)26-20-10-6-11-21(15-20)29-13-12-17(2)3/h5-6,8-11,14-15,17,24H,4,7,12-13,16H2,1-3H3,(H,25,27)(H,26,28). The van der Waals surface area contributed by atoms with E-state index in [1.165, 1.54) is 0 Å². The first-order valence-electron chi connectivity index (χ1n) is 10.1. The Morgan fingerprint density at radius 1 is 0.931 bits per heavy atom. The molecule has 0 saturated heterocycles. The molecule has 2 aromatic rings. The predicted octanol–water partition coefficient (Wildman–Crippen LogP) is 4.90. The van der Waals surface area contributed by atoms with E-state index in [2.05, 4.69) is 29.8 Å². The second-order valence-electron chi connectivity index (χ2n) is 7.34. The van der Waals surface area contributed by atoms with Crippen LogP contribution in [0.2, 0.25) is 0 Å². The molecule has 2 amide bonds. The van der Waals surface area contributed by atoms with E-state index < -0.39 is 0 Å². The Morgan fingerprint density at radius 3 is 2.31 bits per heavy atom. The fourth-order valence-electron chi connectivity index (χ4n) is 2.62. The summed E-state index contributed by atoms with van der Waals surface area (Å²) in [4.78, 5) is 24.0. The maximum atomic E-state index is 12.3. The number of carbonyl (C=O) groups is 2. The number of hydrogen-bond donors (Lipinski definition) is 3. The summed E-state index contributed by atoms with van der Waals surface area (Å²) >= 11 is 0. The first-order chi connectivity index (χ1) is 14.0. The summed E-state index contributed by atoms with van der Waals surface area (Å²) in [6, 6.07) is 14.7. The molecule has 0 spiro atoms. The van der Waals surface area contributed by atoms with Crippen LogP contribution in [-0.4, -0.2) is 25.0 Å². The van der Waals surface area contributed by atoms with Crippen LogP contribution in [0.15, 0.2) is 48.5 Å². The highest BCUT2D eigenvalue weighted by molar-refractivity contribution is 5.94. The normalized spacial score (nSPS) is 10.5. The number of ether oxygens (including phenoxy) is 1. The minimum Gasteiger partial charge on any atom is -0.494 e. The summed E-state index contributed by atoms with van der Waals surface area (Å²) in [5.41, 5.74) is 2.17. The van der Waals surface area contributed by atoms with Crippen LogP contribution >= 0.6 is 0 Å². The molecule has 0 saturated carbocycles. The van der Waals surface area contributed by atoms with E-state index in [9.17, 15) is 9.59 Å². The van der Waals surface area contributed by atoms with Gasteiger partial charge < -0.3 is 20.7 Å². The molecule has 156 valence electrons.